The first-order chi connectivity index (χ1) is 24.8. The molecule has 304 valence electrons. The minimum absolute atomic E-state index is 0.500. The Labute approximate surface area is 337 Å². The molecular weight excluding hydrogens is 649 g/mol. The molecule has 16 atom stereocenters. The van der Waals surface area contributed by atoms with Gasteiger partial charge in [0.25, 0.3) is 0 Å². The van der Waals surface area contributed by atoms with Crippen molar-refractivity contribution in [2.45, 2.75) is 183 Å². The molecule has 6 rings (SSSR count). The van der Waals surface area contributed by atoms with Crippen molar-refractivity contribution in [3.05, 3.63) is 66.8 Å². The van der Waals surface area contributed by atoms with Crippen LogP contribution in [0.2, 0.25) is 0 Å². The first kappa shape index (κ1) is 43.6. The molecule has 0 spiro atoms. The van der Waals surface area contributed by atoms with Crippen molar-refractivity contribution < 1.29 is 0 Å². The first-order valence-electron chi connectivity index (χ1n) is 23.0. The van der Waals surface area contributed by atoms with Gasteiger partial charge in [0.1, 0.15) is 0 Å². The van der Waals surface area contributed by atoms with Gasteiger partial charge in [0, 0.05) is 0 Å². The van der Waals surface area contributed by atoms with E-state index >= 15 is 0 Å². The lowest BCUT2D eigenvalue weighted by atomic mass is 9.53. The molecule has 4 saturated carbocycles. The topological polar surface area (TPSA) is 0 Å². The fourth-order valence-electron chi connectivity index (χ4n) is 14.4. The highest BCUT2D eigenvalue weighted by Crippen LogP contribution is 2.66. The van der Waals surface area contributed by atoms with Crippen LogP contribution in [0.1, 0.15) is 181 Å². The van der Waals surface area contributed by atoms with E-state index in [9.17, 15) is 0 Å². The summed E-state index contributed by atoms with van der Waals surface area (Å²) in [6, 6.07) is 0. The van der Waals surface area contributed by atoms with E-state index in [0.29, 0.717) is 17.3 Å². The lowest BCUT2D eigenvalue weighted by molar-refractivity contribution is 0.00526. The summed E-state index contributed by atoms with van der Waals surface area (Å²) in [4.78, 5) is 0. The van der Waals surface area contributed by atoms with Crippen LogP contribution in [0.15, 0.2) is 0 Å². The Balaban J connectivity index is 0.00000105. The molecule has 0 heteroatoms. The second kappa shape index (κ2) is 15.7. The van der Waals surface area contributed by atoms with E-state index in [0.717, 1.165) is 82.9 Å². The third-order valence-electron chi connectivity index (χ3n) is 18.6. The molecule has 4 aliphatic rings. The molecule has 2 aromatic carbocycles. The van der Waals surface area contributed by atoms with Gasteiger partial charge in [-0.3, -0.25) is 0 Å². The van der Waals surface area contributed by atoms with Gasteiger partial charge in [0.2, 0.25) is 0 Å². The summed E-state index contributed by atoms with van der Waals surface area (Å²) in [6.07, 6.45) is 4.36. The van der Waals surface area contributed by atoms with E-state index in [1.54, 1.807) is 55.6 Å². The van der Waals surface area contributed by atoms with Crippen molar-refractivity contribution in [2.24, 2.45) is 88.3 Å². The zero-order chi connectivity index (χ0) is 40.8. The fourth-order valence-corrected chi connectivity index (χ4v) is 14.4. The zero-order valence-electron chi connectivity index (χ0n) is 39.9. The quantitative estimate of drug-likeness (QED) is 0.293. The van der Waals surface area contributed by atoms with Crippen molar-refractivity contribution >= 4 is 0 Å². The molecular formula is C54H88. The Kier molecular flexibility index (Phi) is 12.6. The van der Waals surface area contributed by atoms with Crippen LogP contribution in [-0.2, 0) is 0 Å². The smallest absolute Gasteiger partial charge is 0.00969 e. The van der Waals surface area contributed by atoms with E-state index in [-0.39, 0.29) is 0 Å². The van der Waals surface area contributed by atoms with Crippen molar-refractivity contribution in [3.8, 4) is 0 Å². The van der Waals surface area contributed by atoms with E-state index in [1.807, 2.05) is 0 Å². The van der Waals surface area contributed by atoms with Gasteiger partial charge in [0.05, 0.1) is 0 Å². The summed E-state index contributed by atoms with van der Waals surface area (Å²) in [5, 5.41) is 0. The maximum absolute atomic E-state index is 2.69. The highest BCUT2D eigenvalue weighted by molar-refractivity contribution is 5.53. The minimum atomic E-state index is 0.500. The molecule has 16 unspecified atom stereocenters. The second-order valence-corrected chi connectivity index (χ2v) is 22.8. The van der Waals surface area contributed by atoms with E-state index in [4.69, 9.17) is 0 Å². The van der Waals surface area contributed by atoms with Crippen LogP contribution in [-0.4, -0.2) is 0 Å². The summed E-state index contributed by atoms with van der Waals surface area (Å²) in [7, 11) is 0. The van der Waals surface area contributed by atoms with Crippen molar-refractivity contribution in [3.63, 3.8) is 0 Å². The molecule has 2 aromatic rings. The Morgan fingerprint density at radius 1 is 0.370 bits per heavy atom. The molecule has 0 bridgehead atoms. The van der Waals surface area contributed by atoms with Crippen molar-refractivity contribution in [2.75, 3.05) is 0 Å². The third kappa shape index (κ3) is 7.25. The molecule has 0 radical (unpaired) electrons. The summed E-state index contributed by atoms with van der Waals surface area (Å²) in [5.41, 5.74) is 19.7. The molecule has 0 heterocycles. The molecule has 54 heavy (non-hydrogen) atoms. The monoisotopic (exact) mass is 737 g/mol. The molecule has 0 amide bonds. The highest BCUT2D eigenvalue weighted by Gasteiger charge is 2.58. The van der Waals surface area contributed by atoms with Crippen LogP contribution < -0.4 is 0 Å². The maximum Gasteiger partial charge on any atom is -0.00969 e. The van der Waals surface area contributed by atoms with Crippen molar-refractivity contribution in [1.29, 1.82) is 0 Å². The zero-order valence-corrected chi connectivity index (χ0v) is 39.9. The lowest BCUT2D eigenvalue weighted by Gasteiger charge is -2.51. The van der Waals surface area contributed by atoms with Gasteiger partial charge in [-0.05, 0) is 255 Å². The Bertz CT molecular complexity index is 1500. The number of rotatable bonds is 4. The van der Waals surface area contributed by atoms with Crippen LogP contribution in [0.4, 0.5) is 0 Å². The first-order valence-corrected chi connectivity index (χ1v) is 23.0. The summed E-state index contributed by atoms with van der Waals surface area (Å²) in [5.74, 6) is 12.8. The van der Waals surface area contributed by atoms with Crippen LogP contribution in [0, 0.1) is 158 Å². The number of hydrogen-bond acceptors (Lipinski definition) is 0. The molecule has 0 N–H and O–H groups in total. The summed E-state index contributed by atoms with van der Waals surface area (Å²) >= 11 is 0. The minimum Gasteiger partial charge on any atom is -0.0622 e. The Morgan fingerprint density at radius 3 is 0.870 bits per heavy atom. The summed E-state index contributed by atoms with van der Waals surface area (Å²) < 4.78 is 0. The highest BCUT2D eigenvalue weighted by atomic mass is 14.6. The molecule has 4 aliphatic carbocycles. The predicted molar refractivity (Wildman–Crippen MR) is 239 cm³/mol. The standard InChI is InChI=1S/C49H76.C5H12/c1-22-19-42-46(36(15)30(9)38(17)48(42)44-32(11)26(5)24(3)27(6)33(44)12)40(22)21-41-23(2)20-43-47(41)37(16)31(10)39(18)49(43)45-34(13)28(7)25(4)29(8)35(45)14;1-5(2,3)4/h22-23,30-31,36-43,46-49H,19-21H2,1-18H3;1-4H3. The van der Waals surface area contributed by atoms with E-state index < -0.39 is 0 Å². The Hall–Kier alpha value is -1.56. The van der Waals surface area contributed by atoms with E-state index in [1.165, 1.54) is 30.4 Å². The fraction of sp³-hybridized carbons (Fsp3) is 0.778. The average molecular weight is 737 g/mol. The maximum atomic E-state index is 2.69. The van der Waals surface area contributed by atoms with Gasteiger partial charge in [-0.1, -0.05) is 83.1 Å². The van der Waals surface area contributed by atoms with Gasteiger partial charge >= 0.3 is 0 Å². The SMILES string of the molecule is CC(C)(C)C.Cc1c(C)c(C)c(C2C(C)C(C)C(C)C3C(CC4C(C)CC5C(c6c(C)c(C)c(C)c(C)c6C)C(C)C(C)C(C)C45)C(C)CC23)c(C)c1C. The van der Waals surface area contributed by atoms with Gasteiger partial charge in [-0.15, -0.1) is 0 Å². The third-order valence-corrected chi connectivity index (χ3v) is 18.6. The predicted octanol–water partition coefficient (Wildman–Crippen LogP) is 15.7. The molecule has 4 fully saturated rings. The summed E-state index contributed by atoms with van der Waals surface area (Å²) in [6.45, 7) is 54.2. The van der Waals surface area contributed by atoms with E-state index in [2.05, 4.69) is 152 Å². The molecule has 0 aliphatic heterocycles. The lowest BCUT2D eigenvalue weighted by Crippen LogP contribution is -2.44. The van der Waals surface area contributed by atoms with Crippen LogP contribution in [0.5, 0.6) is 0 Å². The van der Waals surface area contributed by atoms with Crippen LogP contribution in [0.3, 0.4) is 0 Å². The second-order valence-electron chi connectivity index (χ2n) is 22.8. The van der Waals surface area contributed by atoms with Gasteiger partial charge in [-0.2, -0.15) is 0 Å². The Morgan fingerprint density at radius 2 is 0.611 bits per heavy atom. The van der Waals surface area contributed by atoms with Gasteiger partial charge in [-0.25, -0.2) is 0 Å². The molecule has 0 aromatic heterocycles. The van der Waals surface area contributed by atoms with Gasteiger partial charge in [0.15, 0.2) is 0 Å². The molecule has 0 saturated heterocycles. The van der Waals surface area contributed by atoms with Crippen LogP contribution >= 0.6 is 0 Å². The number of benzene rings is 2. The average Bonchev–Trinajstić information content (AvgIpc) is 3.60. The van der Waals surface area contributed by atoms with Crippen LogP contribution in [0.25, 0.3) is 0 Å². The number of hydrogen-bond donors (Lipinski definition) is 0. The van der Waals surface area contributed by atoms with Crippen molar-refractivity contribution in [1.82, 2.24) is 0 Å². The number of fused-ring (bicyclic) bond motifs is 2. The molecule has 0 nitrogen and oxygen atoms in total. The van der Waals surface area contributed by atoms with Gasteiger partial charge < -0.3 is 0 Å². The largest absolute Gasteiger partial charge is 0.0622 e. The normalized spacial score (nSPS) is 39.2.